The molecule has 29 heavy (non-hydrogen) atoms. The topological polar surface area (TPSA) is 107 Å². The first-order valence-electron chi connectivity index (χ1n) is 8.97. The molecule has 0 unspecified atom stereocenters. The molecular formula is C20H16N4O5. The van der Waals surface area contributed by atoms with E-state index in [1.54, 1.807) is 25.1 Å². The fraction of sp³-hybridized carbons (Fsp3) is 0.200. The number of hydrogen-bond acceptors (Lipinski definition) is 7. The fourth-order valence-electron chi connectivity index (χ4n) is 3.40. The standard InChI is InChI=1S/C20H16N4O5/c1-20(13-7-8-14-15(9-13)28-11-27-14)18(25)24(19(26)22-20)10-16-21-17(23-29-16)12-5-3-2-4-6-12/h2-9H,10-11H2,1H3,(H,22,26)/t20-/m1/s1. The molecule has 9 nitrogen and oxygen atoms in total. The molecule has 1 saturated heterocycles. The molecule has 3 amide bonds. The largest absolute Gasteiger partial charge is 0.454 e. The Hall–Kier alpha value is -3.88. The average molecular weight is 392 g/mol. The van der Waals surface area contributed by atoms with E-state index in [-0.39, 0.29) is 19.2 Å². The highest BCUT2D eigenvalue weighted by Gasteiger charge is 2.49. The molecule has 1 fully saturated rings. The van der Waals surface area contributed by atoms with Gasteiger partial charge in [0.15, 0.2) is 11.5 Å². The summed E-state index contributed by atoms with van der Waals surface area (Å²) < 4.78 is 15.9. The third kappa shape index (κ3) is 2.78. The van der Waals surface area contributed by atoms with Gasteiger partial charge in [0.1, 0.15) is 12.1 Å². The maximum Gasteiger partial charge on any atom is 0.325 e. The molecule has 0 bridgehead atoms. The number of fused-ring (bicyclic) bond motifs is 1. The summed E-state index contributed by atoms with van der Waals surface area (Å²) in [6.45, 7) is 1.65. The minimum Gasteiger partial charge on any atom is -0.454 e. The first-order chi connectivity index (χ1) is 14.0. The lowest BCUT2D eigenvalue weighted by atomic mass is 9.91. The highest BCUT2D eigenvalue weighted by Crippen LogP contribution is 2.38. The number of rotatable bonds is 4. The Kier molecular flexibility index (Phi) is 3.76. The molecule has 5 rings (SSSR count). The van der Waals surface area contributed by atoms with Crippen LogP contribution in [0.5, 0.6) is 11.5 Å². The van der Waals surface area contributed by atoms with Gasteiger partial charge in [-0.2, -0.15) is 4.98 Å². The Bertz CT molecular complexity index is 1110. The third-order valence-corrected chi connectivity index (χ3v) is 5.02. The zero-order chi connectivity index (χ0) is 20.0. The minimum absolute atomic E-state index is 0.120. The van der Waals surface area contributed by atoms with E-state index in [0.29, 0.717) is 22.9 Å². The Labute approximate surface area is 165 Å². The summed E-state index contributed by atoms with van der Waals surface area (Å²) in [6.07, 6.45) is 0. The molecule has 3 heterocycles. The van der Waals surface area contributed by atoms with Crippen LogP contribution in [-0.4, -0.2) is 33.8 Å². The van der Waals surface area contributed by atoms with Gasteiger partial charge in [0, 0.05) is 5.56 Å². The summed E-state index contributed by atoms with van der Waals surface area (Å²) in [5.41, 5.74) is 0.142. The first kappa shape index (κ1) is 17.2. The van der Waals surface area contributed by atoms with Crippen LogP contribution in [0.4, 0.5) is 4.79 Å². The molecule has 0 radical (unpaired) electrons. The van der Waals surface area contributed by atoms with Crippen LogP contribution < -0.4 is 14.8 Å². The molecule has 1 aromatic heterocycles. The van der Waals surface area contributed by atoms with Crippen molar-refractivity contribution in [3.05, 3.63) is 60.0 Å². The highest BCUT2D eigenvalue weighted by atomic mass is 16.7. The van der Waals surface area contributed by atoms with Crippen molar-refractivity contribution < 1.29 is 23.6 Å². The summed E-state index contributed by atoms with van der Waals surface area (Å²) in [7, 11) is 0. The summed E-state index contributed by atoms with van der Waals surface area (Å²) in [4.78, 5) is 31.0. The smallest absolute Gasteiger partial charge is 0.325 e. The van der Waals surface area contributed by atoms with Gasteiger partial charge in [0.25, 0.3) is 5.91 Å². The number of imide groups is 1. The SMILES string of the molecule is C[C@]1(c2ccc3c(c2)OCO3)NC(=O)N(Cc2nc(-c3ccccc3)no2)C1=O. The maximum absolute atomic E-state index is 13.1. The minimum atomic E-state index is -1.24. The Balaban J connectivity index is 1.39. The summed E-state index contributed by atoms with van der Waals surface area (Å²) in [5.74, 6) is 1.29. The van der Waals surface area contributed by atoms with Gasteiger partial charge in [-0.25, -0.2) is 4.79 Å². The summed E-state index contributed by atoms with van der Waals surface area (Å²) in [5, 5.41) is 6.67. The van der Waals surface area contributed by atoms with Crippen molar-refractivity contribution in [3.63, 3.8) is 0 Å². The zero-order valence-corrected chi connectivity index (χ0v) is 15.4. The van der Waals surface area contributed by atoms with Crippen molar-refractivity contribution in [1.82, 2.24) is 20.4 Å². The van der Waals surface area contributed by atoms with Gasteiger partial charge in [-0.1, -0.05) is 41.6 Å². The molecule has 9 heteroatoms. The van der Waals surface area contributed by atoms with Crippen molar-refractivity contribution in [2.24, 2.45) is 0 Å². The predicted octanol–water partition coefficient (Wildman–Crippen LogP) is 2.43. The highest BCUT2D eigenvalue weighted by molar-refractivity contribution is 6.07. The number of carbonyl (C=O) groups excluding carboxylic acids is 2. The number of carbonyl (C=O) groups is 2. The molecule has 1 N–H and O–H groups in total. The number of aromatic nitrogens is 2. The van der Waals surface area contributed by atoms with E-state index in [9.17, 15) is 9.59 Å². The number of nitrogens with one attached hydrogen (secondary N) is 1. The monoisotopic (exact) mass is 392 g/mol. The number of urea groups is 1. The van der Waals surface area contributed by atoms with Crippen molar-refractivity contribution in [2.75, 3.05) is 6.79 Å². The van der Waals surface area contributed by atoms with Gasteiger partial charge >= 0.3 is 6.03 Å². The average Bonchev–Trinajstić information content (AvgIpc) is 3.44. The molecular weight excluding hydrogens is 376 g/mol. The molecule has 2 aromatic carbocycles. The number of amides is 3. The molecule has 3 aromatic rings. The van der Waals surface area contributed by atoms with E-state index in [1.807, 2.05) is 30.3 Å². The van der Waals surface area contributed by atoms with E-state index in [2.05, 4.69) is 15.5 Å². The van der Waals surface area contributed by atoms with Gasteiger partial charge in [-0.15, -0.1) is 0 Å². The van der Waals surface area contributed by atoms with E-state index in [4.69, 9.17) is 14.0 Å². The van der Waals surface area contributed by atoms with E-state index < -0.39 is 17.5 Å². The van der Waals surface area contributed by atoms with Gasteiger partial charge in [-0.05, 0) is 24.6 Å². The van der Waals surface area contributed by atoms with Crippen LogP contribution in [0.2, 0.25) is 0 Å². The van der Waals surface area contributed by atoms with Crippen LogP contribution >= 0.6 is 0 Å². The van der Waals surface area contributed by atoms with Crippen LogP contribution in [-0.2, 0) is 16.9 Å². The Morgan fingerprint density at radius 1 is 1.10 bits per heavy atom. The molecule has 0 spiro atoms. The third-order valence-electron chi connectivity index (χ3n) is 5.02. The second-order valence-corrected chi connectivity index (χ2v) is 6.89. The van der Waals surface area contributed by atoms with Crippen LogP contribution in [0.1, 0.15) is 18.4 Å². The van der Waals surface area contributed by atoms with Crippen LogP contribution in [0.3, 0.4) is 0 Å². The van der Waals surface area contributed by atoms with Crippen molar-refractivity contribution in [3.8, 4) is 22.9 Å². The number of hydrogen-bond donors (Lipinski definition) is 1. The fourth-order valence-corrected chi connectivity index (χ4v) is 3.40. The summed E-state index contributed by atoms with van der Waals surface area (Å²) in [6, 6.07) is 13.9. The summed E-state index contributed by atoms with van der Waals surface area (Å²) >= 11 is 0. The number of nitrogens with zero attached hydrogens (tertiary/aromatic N) is 3. The van der Waals surface area contributed by atoms with Gasteiger partial charge in [0.2, 0.25) is 18.5 Å². The second kappa shape index (κ2) is 6.33. The normalized spacial score (nSPS) is 20.2. The van der Waals surface area contributed by atoms with E-state index >= 15 is 0 Å². The quantitative estimate of drug-likeness (QED) is 0.680. The van der Waals surface area contributed by atoms with Gasteiger partial charge in [0.05, 0.1) is 0 Å². The van der Waals surface area contributed by atoms with Crippen molar-refractivity contribution >= 4 is 11.9 Å². The van der Waals surface area contributed by atoms with Crippen molar-refractivity contribution in [1.29, 1.82) is 0 Å². The lowest BCUT2D eigenvalue weighted by Crippen LogP contribution is -2.40. The number of ether oxygens (including phenoxy) is 2. The van der Waals surface area contributed by atoms with Crippen LogP contribution in [0, 0.1) is 0 Å². The molecule has 0 aliphatic carbocycles. The second-order valence-electron chi connectivity index (χ2n) is 6.89. The molecule has 2 aliphatic heterocycles. The molecule has 0 saturated carbocycles. The molecule has 2 aliphatic rings. The molecule has 1 atom stereocenters. The molecule has 146 valence electrons. The van der Waals surface area contributed by atoms with E-state index in [0.717, 1.165) is 10.5 Å². The van der Waals surface area contributed by atoms with E-state index in [1.165, 1.54) is 0 Å². The number of benzene rings is 2. The van der Waals surface area contributed by atoms with Gasteiger partial charge < -0.3 is 19.3 Å². The van der Waals surface area contributed by atoms with Crippen LogP contribution in [0.15, 0.2) is 53.1 Å². The predicted molar refractivity (Wildman–Crippen MR) is 98.7 cm³/mol. The maximum atomic E-state index is 13.1. The zero-order valence-electron chi connectivity index (χ0n) is 15.4. The lowest BCUT2D eigenvalue weighted by Gasteiger charge is -2.22. The Morgan fingerprint density at radius 2 is 1.90 bits per heavy atom. The lowest BCUT2D eigenvalue weighted by molar-refractivity contribution is -0.131. The van der Waals surface area contributed by atoms with Gasteiger partial charge in [-0.3, -0.25) is 9.69 Å². The Morgan fingerprint density at radius 3 is 2.72 bits per heavy atom. The first-order valence-corrected chi connectivity index (χ1v) is 8.97. The van der Waals surface area contributed by atoms with Crippen LogP contribution in [0.25, 0.3) is 11.4 Å². The van der Waals surface area contributed by atoms with Crippen molar-refractivity contribution in [2.45, 2.75) is 19.0 Å².